The molecule has 1 fully saturated rings. The Kier molecular flexibility index (Phi) is 4.66. The minimum atomic E-state index is -4.41. The molecule has 1 aromatic rings. The van der Waals surface area contributed by atoms with Crippen LogP contribution in [0.3, 0.4) is 0 Å². The molecule has 1 saturated heterocycles. The van der Waals surface area contributed by atoms with Crippen LogP contribution in [0.2, 0.25) is 0 Å². The second-order valence-electron chi connectivity index (χ2n) is 5.57. The summed E-state index contributed by atoms with van der Waals surface area (Å²) in [6.07, 6.45) is -2.16. The van der Waals surface area contributed by atoms with Crippen molar-refractivity contribution in [2.75, 3.05) is 37.3 Å². The van der Waals surface area contributed by atoms with Crippen LogP contribution in [0.15, 0.2) is 18.2 Å². The number of hydrogen-bond acceptors (Lipinski definition) is 3. The number of nitrogen functional groups attached to an aromatic ring is 1. The molecule has 0 spiro atoms. The molecule has 1 aliphatic heterocycles. The topological polar surface area (TPSA) is 32.5 Å². The van der Waals surface area contributed by atoms with Gasteiger partial charge in [0.05, 0.1) is 5.56 Å². The number of nitrogens with two attached hydrogens (primary N) is 1. The molecule has 1 heterocycles. The van der Waals surface area contributed by atoms with Gasteiger partial charge < -0.3 is 10.6 Å². The van der Waals surface area contributed by atoms with E-state index in [4.69, 9.17) is 5.73 Å². The summed E-state index contributed by atoms with van der Waals surface area (Å²) in [4.78, 5) is 4.26. The Morgan fingerprint density at radius 2 is 2.10 bits per heavy atom. The molecule has 0 radical (unpaired) electrons. The summed E-state index contributed by atoms with van der Waals surface area (Å²) in [6, 6.07) is 4.53. The van der Waals surface area contributed by atoms with E-state index < -0.39 is 11.7 Å². The van der Waals surface area contributed by atoms with Crippen molar-refractivity contribution in [3.05, 3.63) is 23.8 Å². The highest BCUT2D eigenvalue weighted by atomic mass is 19.4. The molecule has 2 N–H and O–H groups in total. The molecule has 6 heteroatoms. The van der Waals surface area contributed by atoms with Crippen LogP contribution in [0, 0.1) is 0 Å². The van der Waals surface area contributed by atoms with E-state index in [-0.39, 0.29) is 5.69 Å². The average molecular weight is 301 g/mol. The number of likely N-dealkylation sites (tertiary alicyclic amines) is 1. The smallest absolute Gasteiger partial charge is 0.398 e. The average Bonchev–Trinajstić information content (AvgIpc) is 2.85. The summed E-state index contributed by atoms with van der Waals surface area (Å²) in [5.74, 6) is 0. The Hall–Kier alpha value is -1.43. The van der Waals surface area contributed by atoms with Gasteiger partial charge in [-0.05, 0) is 44.1 Å². The Morgan fingerprint density at radius 3 is 2.71 bits per heavy atom. The SMILES string of the molecule is CCN1CCCC1CN(C)c1ccc(N)c(C(F)(F)F)c1. The minimum absolute atomic E-state index is 0.226. The quantitative estimate of drug-likeness (QED) is 0.867. The first kappa shape index (κ1) is 15.9. The molecule has 21 heavy (non-hydrogen) atoms. The maximum atomic E-state index is 12.9. The van der Waals surface area contributed by atoms with Crippen molar-refractivity contribution in [2.45, 2.75) is 32.0 Å². The maximum absolute atomic E-state index is 12.9. The molecule has 1 unspecified atom stereocenters. The van der Waals surface area contributed by atoms with E-state index in [1.165, 1.54) is 6.07 Å². The van der Waals surface area contributed by atoms with Gasteiger partial charge in [-0.3, -0.25) is 4.90 Å². The molecule has 0 aliphatic carbocycles. The number of hydrogen-bond donors (Lipinski definition) is 1. The van der Waals surface area contributed by atoms with Crippen molar-refractivity contribution in [3.63, 3.8) is 0 Å². The summed E-state index contributed by atoms with van der Waals surface area (Å²) in [5.41, 5.74) is 5.01. The lowest BCUT2D eigenvalue weighted by Crippen LogP contribution is -2.38. The van der Waals surface area contributed by atoms with Crippen LogP contribution in [0.4, 0.5) is 24.5 Å². The third-order valence-electron chi connectivity index (χ3n) is 4.17. The molecule has 1 aliphatic rings. The number of likely N-dealkylation sites (N-methyl/N-ethyl adjacent to an activating group) is 2. The van der Waals surface area contributed by atoms with Crippen LogP contribution in [0.1, 0.15) is 25.3 Å². The van der Waals surface area contributed by atoms with E-state index in [0.717, 1.165) is 38.5 Å². The first-order valence-corrected chi connectivity index (χ1v) is 7.24. The van der Waals surface area contributed by atoms with Gasteiger partial charge in [-0.2, -0.15) is 13.2 Å². The maximum Gasteiger partial charge on any atom is 0.418 e. The monoisotopic (exact) mass is 301 g/mol. The van der Waals surface area contributed by atoms with Crippen molar-refractivity contribution >= 4 is 11.4 Å². The summed E-state index contributed by atoms with van der Waals surface area (Å²) >= 11 is 0. The Morgan fingerprint density at radius 1 is 1.38 bits per heavy atom. The molecule has 0 bridgehead atoms. The van der Waals surface area contributed by atoms with Gasteiger partial charge in [0.15, 0.2) is 0 Å². The molecule has 2 rings (SSSR count). The van der Waals surface area contributed by atoms with E-state index in [1.807, 2.05) is 11.9 Å². The fraction of sp³-hybridized carbons (Fsp3) is 0.600. The normalized spacial score (nSPS) is 20.0. The highest BCUT2D eigenvalue weighted by Gasteiger charge is 2.33. The zero-order chi connectivity index (χ0) is 15.6. The number of halogens is 3. The van der Waals surface area contributed by atoms with E-state index in [9.17, 15) is 13.2 Å². The first-order valence-electron chi connectivity index (χ1n) is 7.24. The second-order valence-corrected chi connectivity index (χ2v) is 5.57. The number of alkyl halides is 3. The highest BCUT2D eigenvalue weighted by Crippen LogP contribution is 2.36. The van der Waals surface area contributed by atoms with Gasteiger partial charge in [-0.15, -0.1) is 0 Å². The van der Waals surface area contributed by atoms with Crippen LogP contribution < -0.4 is 10.6 Å². The van der Waals surface area contributed by atoms with Crippen LogP contribution in [-0.2, 0) is 6.18 Å². The molecular weight excluding hydrogens is 279 g/mol. The first-order chi connectivity index (χ1) is 9.82. The van der Waals surface area contributed by atoms with Crippen LogP contribution >= 0.6 is 0 Å². The zero-order valence-electron chi connectivity index (χ0n) is 12.5. The van der Waals surface area contributed by atoms with E-state index >= 15 is 0 Å². The van der Waals surface area contributed by atoms with Crippen molar-refractivity contribution in [3.8, 4) is 0 Å². The molecule has 1 aromatic carbocycles. The summed E-state index contributed by atoms with van der Waals surface area (Å²) in [5, 5.41) is 0. The van der Waals surface area contributed by atoms with Crippen molar-refractivity contribution in [1.82, 2.24) is 4.90 Å². The van der Waals surface area contributed by atoms with Gasteiger partial charge in [-0.1, -0.05) is 6.92 Å². The summed E-state index contributed by atoms with van der Waals surface area (Å²) in [7, 11) is 1.83. The molecule has 0 amide bonds. The van der Waals surface area contributed by atoms with Gasteiger partial charge in [0.2, 0.25) is 0 Å². The fourth-order valence-corrected chi connectivity index (χ4v) is 2.97. The van der Waals surface area contributed by atoms with E-state index in [1.54, 1.807) is 6.07 Å². The molecule has 1 atom stereocenters. The second kappa shape index (κ2) is 6.13. The lowest BCUT2D eigenvalue weighted by molar-refractivity contribution is -0.136. The van der Waals surface area contributed by atoms with Gasteiger partial charge >= 0.3 is 6.18 Å². The van der Waals surface area contributed by atoms with Gasteiger partial charge in [0, 0.05) is 31.0 Å². The number of rotatable bonds is 4. The van der Waals surface area contributed by atoms with E-state index in [2.05, 4.69) is 11.8 Å². The zero-order valence-corrected chi connectivity index (χ0v) is 12.5. The molecule has 118 valence electrons. The van der Waals surface area contributed by atoms with E-state index in [0.29, 0.717) is 11.7 Å². The van der Waals surface area contributed by atoms with Gasteiger partial charge in [0.1, 0.15) is 0 Å². The number of benzene rings is 1. The molecule has 0 aromatic heterocycles. The Balaban J connectivity index is 2.14. The minimum Gasteiger partial charge on any atom is -0.398 e. The lowest BCUT2D eigenvalue weighted by atomic mass is 10.1. The van der Waals surface area contributed by atoms with Gasteiger partial charge in [-0.25, -0.2) is 0 Å². The summed E-state index contributed by atoms with van der Waals surface area (Å²) < 4.78 is 38.7. The van der Waals surface area contributed by atoms with Crippen LogP contribution in [-0.4, -0.2) is 37.6 Å². The Labute approximate surface area is 123 Å². The lowest BCUT2D eigenvalue weighted by Gasteiger charge is -2.29. The van der Waals surface area contributed by atoms with Crippen molar-refractivity contribution < 1.29 is 13.2 Å². The van der Waals surface area contributed by atoms with Gasteiger partial charge in [0.25, 0.3) is 0 Å². The third-order valence-corrected chi connectivity index (χ3v) is 4.17. The number of anilines is 2. The largest absolute Gasteiger partial charge is 0.418 e. The predicted molar refractivity (Wildman–Crippen MR) is 79.4 cm³/mol. The predicted octanol–water partition coefficient (Wildman–Crippen LogP) is 3.21. The highest BCUT2D eigenvalue weighted by molar-refractivity contribution is 5.59. The van der Waals surface area contributed by atoms with Crippen molar-refractivity contribution in [2.24, 2.45) is 0 Å². The third kappa shape index (κ3) is 3.61. The fourth-order valence-electron chi connectivity index (χ4n) is 2.97. The standard InChI is InChI=1S/C15H22F3N3/c1-3-21-8-4-5-12(21)10-20(2)11-6-7-14(19)13(9-11)15(16,17)18/h6-7,9,12H,3-5,8,10,19H2,1-2H3. The number of nitrogens with zero attached hydrogens (tertiary/aromatic N) is 2. The Bertz CT molecular complexity index is 488. The molecule has 0 saturated carbocycles. The summed E-state index contributed by atoms with van der Waals surface area (Å²) in [6.45, 7) is 4.90. The molecular formula is C15H22F3N3. The van der Waals surface area contributed by atoms with Crippen LogP contribution in [0.5, 0.6) is 0 Å². The van der Waals surface area contributed by atoms with Crippen LogP contribution in [0.25, 0.3) is 0 Å². The van der Waals surface area contributed by atoms with Crippen molar-refractivity contribution in [1.29, 1.82) is 0 Å². The molecule has 3 nitrogen and oxygen atoms in total.